The van der Waals surface area contributed by atoms with Crippen LogP contribution in [-0.4, -0.2) is 16.3 Å². The zero-order valence-electron chi connectivity index (χ0n) is 7.81. The van der Waals surface area contributed by atoms with Gasteiger partial charge in [-0.05, 0) is 19.1 Å². The third kappa shape index (κ3) is 2.02. The van der Waals surface area contributed by atoms with Gasteiger partial charge in [0.05, 0.1) is 23.8 Å². The monoisotopic (exact) mass is 192 g/mol. The minimum absolute atomic E-state index is 0.0579. The predicted molar refractivity (Wildman–Crippen MR) is 51.4 cm³/mol. The van der Waals surface area contributed by atoms with Gasteiger partial charge >= 0.3 is 0 Å². The Labute approximate surface area is 82.2 Å². The van der Waals surface area contributed by atoms with E-state index >= 15 is 0 Å². The number of phenolic OH excluding ortho intramolecular Hbond substituents is 1. The lowest BCUT2D eigenvalue weighted by molar-refractivity contribution is 0.163. The van der Waals surface area contributed by atoms with E-state index in [4.69, 9.17) is 11.0 Å². The van der Waals surface area contributed by atoms with Crippen LogP contribution in [0.15, 0.2) is 18.2 Å². The lowest BCUT2D eigenvalue weighted by Crippen LogP contribution is -2.23. The molecule has 0 aliphatic rings. The molecule has 0 saturated carbocycles. The van der Waals surface area contributed by atoms with Crippen LogP contribution in [0.5, 0.6) is 5.75 Å². The number of nitriles is 1. The quantitative estimate of drug-likeness (QED) is 0.641. The largest absolute Gasteiger partial charge is 0.508 e. The maximum Gasteiger partial charge on any atom is 0.121 e. The van der Waals surface area contributed by atoms with Gasteiger partial charge in [-0.15, -0.1) is 0 Å². The molecule has 4 heteroatoms. The van der Waals surface area contributed by atoms with Crippen molar-refractivity contribution in [3.8, 4) is 11.8 Å². The molecule has 4 N–H and O–H groups in total. The Morgan fingerprint density at radius 1 is 1.50 bits per heavy atom. The molecule has 0 aliphatic heterocycles. The molecule has 4 nitrogen and oxygen atoms in total. The summed E-state index contributed by atoms with van der Waals surface area (Å²) in [6.45, 7) is 1.54. The SMILES string of the molecule is C[C@H](O)[C@H](N)c1ccc(C#N)cc1O. The van der Waals surface area contributed by atoms with Gasteiger partial charge in [-0.3, -0.25) is 0 Å². The van der Waals surface area contributed by atoms with Gasteiger partial charge in [0.15, 0.2) is 0 Å². The number of aliphatic hydroxyl groups excluding tert-OH is 1. The van der Waals surface area contributed by atoms with Gasteiger partial charge in [0, 0.05) is 5.56 Å². The average molecular weight is 192 g/mol. The highest BCUT2D eigenvalue weighted by Crippen LogP contribution is 2.25. The molecule has 0 saturated heterocycles. The molecule has 0 amide bonds. The van der Waals surface area contributed by atoms with Gasteiger partial charge in [0.25, 0.3) is 0 Å². The molecule has 0 bridgehead atoms. The average Bonchev–Trinajstić information content (AvgIpc) is 2.16. The summed E-state index contributed by atoms with van der Waals surface area (Å²) in [5.74, 6) is -0.0579. The fourth-order valence-corrected chi connectivity index (χ4v) is 1.15. The molecule has 2 atom stereocenters. The molecular weight excluding hydrogens is 180 g/mol. The summed E-state index contributed by atoms with van der Waals surface area (Å²) in [6.07, 6.45) is -0.742. The molecular formula is C10H12N2O2. The van der Waals surface area contributed by atoms with Gasteiger partial charge in [-0.2, -0.15) is 5.26 Å². The summed E-state index contributed by atoms with van der Waals surface area (Å²) in [6, 6.07) is 5.69. The summed E-state index contributed by atoms with van der Waals surface area (Å²) >= 11 is 0. The second kappa shape index (κ2) is 4.09. The summed E-state index contributed by atoms with van der Waals surface area (Å²) in [5, 5.41) is 27.3. The number of nitrogens with zero attached hydrogens (tertiary/aromatic N) is 1. The van der Waals surface area contributed by atoms with Crippen molar-refractivity contribution in [2.45, 2.75) is 19.1 Å². The second-order valence-electron chi connectivity index (χ2n) is 3.15. The minimum Gasteiger partial charge on any atom is -0.508 e. The molecule has 1 rings (SSSR count). The summed E-state index contributed by atoms with van der Waals surface area (Å²) in [5.41, 5.74) is 6.45. The van der Waals surface area contributed by atoms with E-state index in [-0.39, 0.29) is 5.75 Å². The summed E-state index contributed by atoms with van der Waals surface area (Å²) in [7, 11) is 0. The van der Waals surface area contributed by atoms with Crippen molar-refractivity contribution in [2.75, 3.05) is 0 Å². The van der Waals surface area contributed by atoms with E-state index in [0.29, 0.717) is 11.1 Å². The molecule has 0 aromatic heterocycles. The van der Waals surface area contributed by atoms with Crippen molar-refractivity contribution >= 4 is 0 Å². The first-order valence-electron chi connectivity index (χ1n) is 4.23. The number of rotatable bonds is 2. The molecule has 14 heavy (non-hydrogen) atoms. The van der Waals surface area contributed by atoms with Crippen molar-refractivity contribution in [2.24, 2.45) is 5.73 Å². The normalized spacial score (nSPS) is 14.4. The Balaban J connectivity index is 3.07. The molecule has 1 aromatic rings. The Hall–Kier alpha value is -1.57. The number of phenols is 1. The van der Waals surface area contributed by atoms with E-state index in [2.05, 4.69) is 0 Å². The van der Waals surface area contributed by atoms with Crippen molar-refractivity contribution < 1.29 is 10.2 Å². The van der Waals surface area contributed by atoms with Crippen LogP contribution in [0, 0.1) is 11.3 Å². The first-order valence-corrected chi connectivity index (χ1v) is 4.23. The summed E-state index contributed by atoms with van der Waals surface area (Å²) < 4.78 is 0. The predicted octanol–water partition coefficient (Wildman–Crippen LogP) is 0.644. The van der Waals surface area contributed by atoms with Crippen LogP contribution >= 0.6 is 0 Å². The zero-order valence-corrected chi connectivity index (χ0v) is 7.81. The highest BCUT2D eigenvalue weighted by atomic mass is 16.3. The topological polar surface area (TPSA) is 90.3 Å². The highest BCUT2D eigenvalue weighted by molar-refractivity contribution is 5.43. The highest BCUT2D eigenvalue weighted by Gasteiger charge is 2.15. The number of aromatic hydroxyl groups is 1. The van der Waals surface area contributed by atoms with Crippen LogP contribution < -0.4 is 5.73 Å². The van der Waals surface area contributed by atoms with E-state index in [9.17, 15) is 10.2 Å². The Morgan fingerprint density at radius 3 is 2.57 bits per heavy atom. The van der Waals surface area contributed by atoms with E-state index in [1.54, 1.807) is 19.1 Å². The lowest BCUT2D eigenvalue weighted by atomic mass is 10.0. The van der Waals surface area contributed by atoms with Crippen molar-refractivity contribution in [3.63, 3.8) is 0 Å². The molecule has 0 unspecified atom stereocenters. The van der Waals surface area contributed by atoms with Crippen LogP contribution in [-0.2, 0) is 0 Å². The molecule has 0 fully saturated rings. The van der Waals surface area contributed by atoms with Crippen molar-refractivity contribution in [3.05, 3.63) is 29.3 Å². The van der Waals surface area contributed by atoms with E-state index in [1.807, 2.05) is 6.07 Å². The van der Waals surface area contributed by atoms with Crippen molar-refractivity contribution in [1.29, 1.82) is 5.26 Å². The number of nitrogens with two attached hydrogens (primary N) is 1. The standard InChI is InChI=1S/C10H12N2O2/c1-6(13)10(12)8-3-2-7(5-11)4-9(8)14/h2-4,6,10,13-14H,12H2,1H3/t6-,10-/m0/s1. The second-order valence-corrected chi connectivity index (χ2v) is 3.15. The van der Waals surface area contributed by atoms with Gasteiger partial charge < -0.3 is 15.9 Å². The van der Waals surface area contributed by atoms with E-state index in [1.165, 1.54) is 6.07 Å². The number of benzene rings is 1. The smallest absolute Gasteiger partial charge is 0.121 e. The van der Waals surface area contributed by atoms with Crippen LogP contribution in [0.4, 0.5) is 0 Å². The van der Waals surface area contributed by atoms with Gasteiger partial charge in [0.2, 0.25) is 0 Å². The van der Waals surface area contributed by atoms with Crippen molar-refractivity contribution in [1.82, 2.24) is 0 Å². The molecule has 0 radical (unpaired) electrons. The van der Waals surface area contributed by atoms with Gasteiger partial charge in [0.1, 0.15) is 5.75 Å². The Bertz CT molecular complexity index is 369. The fourth-order valence-electron chi connectivity index (χ4n) is 1.15. The minimum atomic E-state index is -0.742. The van der Waals surface area contributed by atoms with Gasteiger partial charge in [-0.25, -0.2) is 0 Å². The number of aliphatic hydroxyl groups is 1. The maximum absolute atomic E-state index is 9.50. The van der Waals surface area contributed by atoms with Gasteiger partial charge in [-0.1, -0.05) is 6.07 Å². The Kier molecular flexibility index (Phi) is 3.07. The molecule has 0 heterocycles. The molecule has 74 valence electrons. The first-order chi connectivity index (χ1) is 6.56. The number of hydrogen-bond donors (Lipinski definition) is 3. The number of hydrogen-bond acceptors (Lipinski definition) is 4. The zero-order chi connectivity index (χ0) is 10.7. The molecule has 1 aromatic carbocycles. The molecule has 0 spiro atoms. The summed E-state index contributed by atoms with van der Waals surface area (Å²) in [4.78, 5) is 0. The third-order valence-electron chi connectivity index (χ3n) is 2.04. The van der Waals surface area contributed by atoms with Crippen LogP contribution in [0.25, 0.3) is 0 Å². The first kappa shape index (κ1) is 10.5. The molecule has 0 aliphatic carbocycles. The Morgan fingerprint density at radius 2 is 2.14 bits per heavy atom. The third-order valence-corrected chi connectivity index (χ3v) is 2.04. The lowest BCUT2D eigenvalue weighted by Gasteiger charge is -2.16. The van der Waals surface area contributed by atoms with Crippen LogP contribution in [0.3, 0.4) is 0 Å². The van der Waals surface area contributed by atoms with Crippen LogP contribution in [0.1, 0.15) is 24.1 Å². The van der Waals surface area contributed by atoms with E-state index in [0.717, 1.165) is 0 Å². The fraction of sp³-hybridized carbons (Fsp3) is 0.300. The van der Waals surface area contributed by atoms with E-state index < -0.39 is 12.1 Å². The maximum atomic E-state index is 9.50. The van der Waals surface area contributed by atoms with Crippen LogP contribution in [0.2, 0.25) is 0 Å².